The van der Waals surface area contributed by atoms with Crippen molar-refractivity contribution in [3.63, 3.8) is 0 Å². The van der Waals surface area contributed by atoms with Crippen LogP contribution < -0.4 is 10.6 Å². The zero-order valence-electron chi connectivity index (χ0n) is 23.3. The fourth-order valence-corrected chi connectivity index (χ4v) is 6.75. The van der Waals surface area contributed by atoms with Gasteiger partial charge in [-0.25, -0.2) is 29.5 Å². The summed E-state index contributed by atoms with van der Waals surface area (Å²) in [5, 5.41) is 24.0. The van der Waals surface area contributed by atoms with Gasteiger partial charge in [-0.15, -0.1) is 47.0 Å². The number of carbonyl (C=O) groups is 5. The van der Waals surface area contributed by atoms with Gasteiger partial charge in [-0.2, -0.15) is 0 Å². The molecule has 0 spiro atoms. The molecule has 2 aromatic heterocycles. The minimum atomic E-state index is -1.21. The Morgan fingerprint density at radius 3 is 1.88 bits per heavy atom. The highest BCUT2D eigenvalue weighted by Gasteiger charge is 2.28. The Morgan fingerprint density at radius 1 is 0.810 bits per heavy atom. The second kappa shape index (κ2) is 17.9. The Labute approximate surface area is 260 Å². The molecule has 2 heterocycles. The minimum Gasteiger partial charge on any atom is -0.480 e. The summed E-state index contributed by atoms with van der Waals surface area (Å²) in [4.78, 5) is 77.2. The number of nitrogens with zero attached hydrogens (tertiary/aromatic N) is 4. The molecule has 3 unspecified atom stereocenters. The zero-order valence-corrected chi connectivity index (χ0v) is 26.6. The number of aromatic nitrogens is 4. The van der Waals surface area contributed by atoms with Gasteiger partial charge >= 0.3 is 11.9 Å². The van der Waals surface area contributed by atoms with E-state index in [0.717, 1.165) is 11.8 Å². The highest BCUT2D eigenvalue weighted by atomic mass is 32.2. The molecule has 0 aromatic carbocycles. The van der Waals surface area contributed by atoms with Gasteiger partial charge in [-0.1, -0.05) is 0 Å². The van der Waals surface area contributed by atoms with E-state index in [-0.39, 0.29) is 30.1 Å². The second-order valence-electron chi connectivity index (χ2n) is 8.72. The molecule has 0 aliphatic carbocycles. The number of thioether (sulfide) groups is 4. The van der Waals surface area contributed by atoms with Gasteiger partial charge in [0.15, 0.2) is 0 Å². The maximum atomic E-state index is 13.5. The van der Waals surface area contributed by atoms with Crippen molar-refractivity contribution in [3.05, 3.63) is 36.2 Å². The Hall–Kier alpha value is -2.89. The predicted octanol–water partition coefficient (Wildman–Crippen LogP) is 2.49. The molecular weight excluding hydrogens is 625 g/mol. The lowest BCUT2D eigenvalue weighted by Crippen LogP contribution is -2.41. The van der Waals surface area contributed by atoms with E-state index in [0.29, 0.717) is 21.6 Å². The summed E-state index contributed by atoms with van der Waals surface area (Å²) >= 11 is 5.10. The number of carboxylic acid groups (broad SMARTS) is 2. The van der Waals surface area contributed by atoms with Crippen LogP contribution in [0.1, 0.15) is 48.7 Å². The smallest absolute Gasteiger partial charge is 0.327 e. The first-order valence-corrected chi connectivity index (χ1v) is 17.0. The number of ketones is 1. The molecule has 17 heteroatoms. The molecule has 2 rings (SSSR count). The van der Waals surface area contributed by atoms with Crippen LogP contribution in [0.2, 0.25) is 0 Å². The molecule has 0 aliphatic heterocycles. The van der Waals surface area contributed by atoms with E-state index in [4.69, 9.17) is 0 Å². The molecule has 0 bridgehead atoms. The molecule has 2 amide bonds. The summed E-state index contributed by atoms with van der Waals surface area (Å²) in [6.07, 6.45) is 6.53. The van der Waals surface area contributed by atoms with Crippen LogP contribution in [0, 0.1) is 0 Å². The van der Waals surface area contributed by atoms with E-state index < -0.39 is 46.3 Å². The Bertz CT molecular complexity index is 1180. The fraction of sp³-hybridized carbons (Fsp3) is 0.480. The molecule has 228 valence electrons. The summed E-state index contributed by atoms with van der Waals surface area (Å²) in [5.41, 5.74) is 0.529. The van der Waals surface area contributed by atoms with Crippen molar-refractivity contribution in [1.29, 1.82) is 0 Å². The number of aliphatic carboxylic acids is 2. The third-order valence-electron chi connectivity index (χ3n) is 5.45. The van der Waals surface area contributed by atoms with E-state index >= 15 is 0 Å². The van der Waals surface area contributed by atoms with Crippen molar-refractivity contribution < 1.29 is 34.2 Å². The third kappa shape index (κ3) is 12.1. The van der Waals surface area contributed by atoms with E-state index in [1.54, 1.807) is 18.3 Å². The topological polar surface area (TPSA) is 201 Å². The lowest BCUT2D eigenvalue weighted by atomic mass is 10.1. The van der Waals surface area contributed by atoms with Crippen molar-refractivity contribution in [1.82, 2.24) is 30.6 Å². The van der Waals surface area contributed by atoms with Gasteiger partial charge in [0.05, 0.1) is 26.2 Å². The standard InChI is InChI=1S/C25H32N6O7S4/c1-13(32)29-17(24(35)36)10-41-19(16-9-22(40-4)28-12-27-16)7-15(34)8-20(23-26-6-5-21(31-23)39-3)42-11-18(25(37)38)30-14(2)33/h5-6,9,12,17-20H,7-8,10-11H2,1-4H3,(H,29,32)(H,30,33)(H,35,36)(H,37,38)/t17?,18-,19?,20?/m0/s1. The van der Waals surface area contributed by atoms with Crippen LogP contribution in [-0.4, -0.2) is 95.8 Å². The van der Waals surface area contributed by atoms with E-state index in [1.807, 2.05) is 12.5 Å². The van der Waals surface area contributed by atoms with Crippen LogP contribution in [-0.2, 0) is 24.0 Å². The maximum Gasteiger partial charge on any atom is 0.327 e. The molecule has 2 aromatic rings. The van der Waals surface area contributed by atoms with Crippen molar-refractivity contribution in [2.45, 2.75) is 59.3 Å². The average Bonchev–Trinajstić information content (AvgIpc) is 2.95. The molecule has 0 saturated carbocycles. The highest BCUT2D eigenvalue weighted by Crippen LogP contribution is 2.37. The van der Waals surface area contributed by atoms with Crippen LogP contribution in [0.5, 0.6) is 0 Å². The number of nitrogens with one attached hydrogen (secondary N) is 2. The molecule has 0 saturated heterocycles. The molecule has 42 heavy (non-hydrogen) atoms. The maximum absolute atomic E-state index is 13.5. The molecule has 0 fully saturated rings. The molecule has 4 N–H and O–H groups in total. The van der Waals surface area contributed by atoms with Gasteiger partial charge in [0.25, 0.3) is 0 Å². The van der Waals surface area contributed by atoms with E-state index in [2.05, 4.69) is 30.6 Å². The third-order valence-corrected chi connectivity index (χ3v) is 9.38. The quantitative estimate of drug-likeness (QED) is 0.135. The number of amides is 2. The number of rotatable bonds is 18. The minimum absolute atomic E-state index is 0.0144. The number of hydrogen-bond donors (Lipinski definition) is 4. The van der Waals surface area contributed by atoms with Gasteiger partial charge in [-0.3, -0.25) is 14.4 Å². The Balaban J connectivity index is 2.31. The second-order valence-corrected chi connectivity index (χ2v) is 12.8. The van der Waals surface area contributed by atoms with Crippen LogP contribution in [0.4, 0.5) is 0 Å². The van der Waals surface area contributed by atoms with Crippen LogP contribution >= 0.6 is 47.0 Å². The molecule has 13 nitrogen and oxygen atoms in total. The van der Waals surface area contributed by atoms with Gasteiger partial charge in [0.2, 0.25) is 11.8 Å². The first-order chi connectivity index (χ1) is 19.9. The van der Waals surface area contributed by atoms with Crippen LogP contribution in [0.25, 0.3) is 0 Å². The van der Waals surface area contributed by atoms with Gasteiger partial charge in [-0.05, 0) is 24.6 Å². The first kappa shape index (κ1) is 35.3. The predicted molar refractivity (Wildman–Crippen MR) is 163 cm³/mol. The molecule has 4 atom stereocenters. The number of hydrogen-bond acceptors (Lipinski definition) is 13. The molecular formula is C25H32N6O7S4. The van der Waals surface area contributed by atoms with Gasteiger partial charge in [0.1, 0.15) is 30.0 Å². The summed E-state index contributed by atoms with van der Waals surface area (Å²) in [5.74, 6) is -3.32. The van der Waals surface area contributed by atoms with Crippen molar-refractivity contribution in [2.24, 2.45) is 0 Å². The lowest BCUT2D eigenvalue weighted by Gasteiger charge is -2.21. The SMILES string of the molecule is CSc1cc(C(CC(=O)CC(SC[C@H](NC(C)=O)C(=O)O)c2nccc(SC)n2)SCC(NC(C)=O)C(=O)O)ncn1. The number of carboxylic acids is 2. The summed E-state index contributed by atoms with van der Waals surface area (Å²) < 4.78 is 0. The van der Waals surface area contributed by atoms with Gasteiger partial charge < -0.3 is 20.8 Å². The Kier molecular flexibility index (Phi) is 15.1. The van der Waals surface area contributed by atoms with Crippen molar-refractivity contribution in [3.8, 4) is 0 Å². The summed E-state index contributed by atoms with van der Waals surface area (Å²) in [6.45, 7) is 2.45. The highest BCUT2D eigenvalue weighted by molar-refractivity contribution is 8.00. The largest absolute Gasteiger partial charge is 0.480 e. The van der Waals surface area contributed by atoms with Crippen LogP contribution in [0.3, 0.4) is 0 Å². The van der Waals surface area contributed by atoms with Gasteiger partial charge in [0, 0.05) is 44.4 Å². The number of Topliss-reactive ketones (excluding diaryl/α,β-unsaturated/α-hetero) is 1. The van der Waals surface area contributed by atoms with E-state index in [9.17, 15) is 34.2 Å². The zero-order chi connectivity index (χ0) is 31.2. The first-order valence-electron chi connectivity index (χ1n) is 12.4. The molecule has 0 aliphatic rings. The van der Waals surface area contributed by atoms with Crippen LogP contribution in [0.15, 0.2) is 34.7 Å². The lowest BCUT2D eigenvalue weighted by molar-refractivity contribution is -0.141. The summed E-state index contributed by atoms with van der Waals surface area (Å²) in [6, 6.07) is 1.10. The van der Waals surface area contributed by atoms with Crippen molar-refractivity contribution >= 4 is 76.6 Å². The average molecular weight is 657 g/mol. The monoisotopic (exact) mass is 656 g/mol. The molecule has 0 radical (unpaired) electrons. The fourth-order valence-electron chi connectivity index (χ4n) is 3.50. The normalized spacial score (nSPS) is 13.8. The van der Waals surface area contributed by atoms with E-state index in [1.165, 1.54) is 55.5 Å². The van der Waals surface area contributed by atoms with Crippen molar-refractivity contribution in [2.75, 3.05) is 24.0 Å². The Morgan fingerprint density at radius 2 is 1.36 bits per heavy atom. The summed E-state index contributed by atoms with van der Waals surface area (Å²) in [7, 11) is 0. The number of carbonyl (C=O) groups excluding carboxylic acids is 3.